The molecule has 4 atom stereocenters. The lowest BCUT2D eigenvalue weighted by Crippen LogP contribution is -2.58. The number of nitrogens with two attached hydrogens (primary N) is 2. The maximum Gasteiger partial charge on any atom is 0.326 e. The molecule has 15 nitrogen and oxygen atoms in total. The summed E-state index contributed by atoms with van der Waals surface area (Å²) in [6, 6.07) is 2.02. The Morgan fingerprint density at radius 1 is 0.694 bits per heavy atom. The van der Waals surface area contributed by atoms with Gasteiger partial charge in [-0.3, -0.25) is 28.8 Å². The third-order valence-corrected chi connectivity index (χ3v) is 4.68. The van der Waals surface area contributed by atoms with Crippen LogP contribution in [0.2, 0.25) is 0 Å². The van der Waals surface area contributed by atoms with Crippen molar-refractivity contribution in [2.24, 2.45) is 11.5 Å². The number of amides is 4. The van der Waals surface area contributed by atoms with Crippen molar-refractivity contribution in [1.29, 1.82) is 0 Å². The van der Waals surface area contributed by atoms with Crippen LogP contribution in [-0.4, -0.2) is 81.0 Å². The van der Waals surface area contributed by atoms with Crippen LogP contribution < -0.4 is 27.4 Å². The molecule has 0 spiro atoms. The summed E-state index contributed by atoms with van der Waals surface area (Å²) in [4.78, 5) is 82.3. The van der Waals surface area contributed by atoms with Crippen LogP contribution in [0.3, 0.4) is 0 Å². The molecule has 0 saturated heterocycles. The first kappa shape index (κ1) is 29.5. The summed E-state index contributed by atoms with van der Waals surface area (Å²) in [7, 11) is 0. The smallest absolute Gasteiger partial charge is 0.326 e. The molecule has 1 rings (SSSR count). The Labute approximate surface area is 204 Å². The van der Waals surface area contributed by atoms with Crippen LogP contribution in [0.4, 0.5) is 0 Å². The highest BCUT2D eigenvalue weighted by Crippen LogP contribution is 2.04. The van der Waals surface area contributed by atoms with Crippen molar-refractivity contribution in [1.82, 2.24) is 16.0 Å². The van der Waals surface area contributed by atoms with E-state index in [9.17, 15) is 33.6 Å². The minimum atomic E-state index is -1.90. The number of primary amides is 1. The first-order valence-electron chi connectivity index (χ1n) is 10.5. The Kier molecular flexibility index (Phi) is 11.5. The number of rotatable bonds is 15. The summed E-state index contributed by atoms with van der Waals surface area (Å²) in [5.74, 6) is -9.17. The molecule has 0 fully saturated rings. The van der Waals surface area contributed by atoms with Gasteiger partial charge in [0, 0.05) is 0 Å². The number of carbonyl (C=O) groups is 7. The minimum absolute atomic E-state index is 0.0704. The molecule has 0 aromatic heterocycles. The van der Waals surface area contributed by atoms with Crippen LogP contribution in [0.25, 0.3) is 0 Å². The van der Waals surface area contributed by atoms with Gasteiger partial charge in [-0.2, -0.15) is 0 Å². The van der Waals surface area contributed by atoms with Gasteiger partial charge in [-0.1, -0.05) is 30.3 Å². The first-order valence-corrected chi connectivity index (χ1v) is 10.5. The van der Waals surface area contributed by atoms with Gasteiger partial charge in [0.15, 0.2) is 0 Å². The van der Waals surface area contributed by atoms with E-state index in [1.807, 2.05) is 10.6 Å². The van der Waals surface area contributed by atoms with E-state index in [2.05, 4.69) is 5.32 Å². The van der Waals surface area contributed by atoms with E-state index in [0.29, 0.717) is 5.56 Å². The van der Waals surface area contributed by atoms with Gasteiger partial charge in [-0.25, -0.2) is 4.79 Å². The molecule has 196 valence electrons. The molecular formula is C21H27N5O10. The molecule has 4 unspecified atom stereocenters. The molecule has 0 bridgehead atoms. The molecule has 4 amide bonds. The highest BCUT2D eigenvalue weighted by atomic mass is 16.4. The number of carbonyl (C=O) groups excluding carboxylic acids is 4. The van der Waals surface area contributed by atoms with Gasteiger partial charge in [0.25, 0.3) is 0 Å². The van der Waals surface area contributed by atoms with Gasteiger partial charge in [0.2, 0.25) is 23.6 Å². The van der Waals surface area contributed by atoms with Crippen LogP contribution in [0.15, 0.2) is 30.3 Å². The lowest BCUT2D eigenvalue weighted by molar-refractivity contribution is -0.147. The molecule has 10 N–H and O–H groups in total. The molecule has 0 aliphatic rings. The van der Waals surface area contributed by atoms with E-state index in [4.69, 9.17) is 26.8 Å². The van der Waals surface area contributed by atoms with Crippen LogP contribution in [0.5, 0.6) is 0 Å². The van der Waals surface area contributed by atoms with E-state index < -0.39 is 85.0 Å². The molecule has 0 radical (unpaired) electrons. The van der Waals surface area contributed by atoms with Gasteiger partial charge < -0.3 is 42.7 Å². The van der Waals surface area contributed by atoms with E-state index >= 15 is 0 Å². The number of carboxylic acid groups (broad SMARTS) is 3. The Balaban J connectivity index is 2.99. The fourth-order valence-electron chi connectivity index (χ4n) is 2.95. The maximum absolute atomic E-state index is 12.7. The van der Waals surface area contributed by atoms with E-state index in [0.717, 1.165) is 0 Å². The summed E-state index contributed by atoms with van der Waals surface area (Å²) in [6.07, 6.45) is -2.69. The first-order chi connectivity index (χ1) is 16.8. The second-order valence-corrected chi connectivity index (χ2v) is 7.68. The van der Waals surface area contributed by atoms with Crippen LogP contribution >= 0.6 is 0 Å². The summed E-state index contributed by atoms with van der Waals surface area (Å²) in [5, 5.41) is 33.1. The molecule has 0 aliphatic carbocycles. The zero-order chi connectivity index (χ0) is 27.4. The Bertz CT molecular complexity index is 1000. The Morgan fingerprint density at radius 3 is 1.61 bits per heavy atom. The molecule has 15 heteroatoms. The monoisotopic (exact) mass is 509 g/mol. The summed E-state index contributed by atoms with van der Waals surface area (Å²) >= 11 is 0. The number of benzene rings is 1. The molecule has 0 saturated carbocycles. The fourth-order valence-corrected chi connectivity index (χ4v) is 2.95. The van der Waals surface area contributed by atoms with Crippen LogP contribution in [0.1, 0.15) is 24.8 Å². The molecule has 1 aromatic rings. The summed E-state index contributed by atoms with van der Waals surface area (Å²) in [6.45, 7) is 0. The highest BCUT2D eigenvalue weighted by Gasteiger charge is 2.32. The zero-order valence-electron chi connectivity index (χ0n) is 18.9. The third kappa shape index (κ3) is 10.6. The fraction of sp³-hybridized carbons (Fsp3) is 0.381. The number of aliphatic carboxylic acids is 3. The lowest BCUT2D eigenvalue weighted by Gasteiger charge is -2.24. The summed E-state index contributed by atoms with van der Waals surface area (Å²) < 4.78 is 0. The predicted octanol–water partition coefficient (Wildman–Crippen LogP) is -3.08. The molecule has 1 aromatic carbocycles. The van der Waals surface area contributed by atoms with Crippen molar-refractivity contribution in [2.45, 2.75) is 49.9 Å². The van der Waals surface area contributed by atoms with E-state index in [1.165, 1.54) is 0 Å². The number of hydrogen-bond donors (Lipinski definition) is 8. The number of carboxylic acids is 3. The van der Waals surface area contributed by atoms with Crippen molar-refractivity contribution in [2.75, 3.05) is 0 Å². The van der Waals surface area contributed by atoms with Crippen LogP contribution in [0, 0.1) is 0 Å². The van der Waals surface area contributed by atoms with Gasteiger partial charge in [-0.15, -0.1) is 0 Å². The van der Waals surface area contributed by atoms with Gasteiger partial charge in [-0.05, 0) is 12.0 Å². The Hall–Kier alpha value is -4.53. The lowest BCUT2D eigenvalue weighted by atomic mass is 10.0. The van der Waals surface area contributed by atoms with Crippen molar-refractivity contribution in [3.63, 3.8) is 0 Å². The van der Waals surface area contributed by atoms with E-state index in [1.54, 1.807) is 30.3 Å². The highest BCUT2D eigenvalue weighted by molar-refractivity contribution is 5.97. The second kappa shape index (κ2) is 14.0. The van der Waals surface area contributed by atoms with Crippen molar-refractivity contribution in [3.05, 3.63) is 35.9 Å². The standard InChI is InChI=1S/C21H27N5O10/c22-11(6-10-4-2-1-3-5-10)18(32)24-13(8-16(28)29)20(34)25-12(7-15(23)27)19(33)26-14(21(35)36)9-17(30)31/h1-5,11-14H,6-9,22H2,(H2,23,27)(H,24,32)(H,25,34)(H,26,33)(H,28,29)(H,30,31)(H,35,36). The number of hydrogen-bond acceptors (Lipinski definition) is 8. The summed E-state index contributed by atoms with van der Waals surface area (Å²) in [5.41, 5.74) is 11.6. The average Bonchev–Trinajstić information content (AvgIpc) is 2.77. The quantitative estimate of drug-likeness (QED) is 0.117. The van der Waals surface area contributed by atoms with Gasteiger partial charge >= 0.3 is 17.9 Å². The zero-order valence-corrected chi connectivity index (χ0v) is 18.9. The molecule has 0 heterocycles. The topological polar surface area (TPSA) is 268 Å². The van der Waals surface area contributed by atoms with E-state index in [-0.39, 0.29) is 6.42 Å². The normalized spacial score (nSPS) is 13.8. The molecule has 0 aliphatic heterocycles. The van der Waals surface area contributed by atoms with Crippen molar-refractivity contribution >= 4 is 41.5 Å². The molecule has 36 heavy (non-hydrogen) atoms. The second-order valence-electron chi connectivity index (χ2n) is 7.68. The van der Waals surface area contributed by atoms with Crippen molar-refractivity contribution < 1.29 is 48.9 Å². The minimum Gasteiger partial charge on any atom is -0.481 e. The predicted molar refractivity (Wildman–Crippen MR) is 120 cm³/mol. The average molecular weight is 509 g/mol. The third-order valence-electron chi connectivity index (χ3n) is 4.68. The largest absolute Gasteiger partial charge is 0.481 e. The molecular weight excluding hydrogens is 482 g/mol. The van der Waals surface area contributed by atoms with Gasteiger partial charge in [0.1, 0.15) is 18.1 Å². The number of nitrogens with one attached hydrogen (secondary N) is 3. The Morgan fingerprint density at radius 2 is 1.14 bits per heavy atom. The van der Waals surface area contributed by atoms with Gasteiger partial charge in [0.05, 0.1) is 25.3 Å². The van der Waals surface area contributed by atoms with Crippen molar-refractivity contribution in [3.8, 4) is 0 Å². The maximum atomic E-state index is 12.7. The van der Waals surface area contributed by atoms with Crippen LogP contribution in [-0.2, 0) is 40.0 Å². The SMILES string of the molecule is NC(=O)CC(NC(=O)C(CC(=O)O)NC(=O)C(N)Cc1ccccc1)C(=O)NC(CC(=O)O)C(=O)O.